The molecule has 1 aromatic carbocycles. The first-order valence-electron chi connectivity index (χ1n) is 4.64. The predicted octanol–water partition coefficient (Wildman–Crippen LogP) is 1.16. The molecule has 16 heavy (non-hydrogen) atoms. The summed E-state index contributed by atoms with van der Waals surface area (Å²) in [5, 5.41) is 7.33. The molecule has 6 heteroatoms. The van der Waals surface area contributed by atoms with Crippen molar-refractivity contribution < 1.29 is 14.3 Å². The number of urea groups is 1. The van der Waals surface area contributed by atoms with E-state index < -0.39 is 6.09 Å². The van der Waals surface area contributed by atoms with Crippen molar-refractivity contribution in [2.45, 2.75) is 0 Å². The van der Waals surface area contributed by atoms with Crippen LogP contribution in [0.4, 0.5) is 15.3 Å². The number of amides is 3. The fourth-order valence-corrected chi connectivity index (χ4v) is 0.958. The average molecular weight is 223 g/mol. The quantitative estimate of drug-likeness (QED) is 0.703. The Morgan fingerprint density at radius 2 is 1.69 bits per heavy atom. The third-order valence-corrected chi connectivity index (χ3v) is 1.75. The van der Waals surface area contributed by atoms with Crippen LogP contribution in [-0.2, 0) is 0 Å². The van der Waals surface area contributed by atoms with Crippen molar-refractivity contribution in [3.63, 3.8) is 0 Å². The van der Waals surface area contributed by atoms with Crippen molar-refractivity contribution in [3.8, 4) is 5.75 Å². The Hall–Kier alpha value is -2.24. The van der Waals surface area contributed by atoms with Gasteiger partial charge in [0.25, 0.3) is 0 Å². The molecule has 3 N–H and O–H groups in total. The molecule has 0 saturated carbocycles. The van der Waals surface area contributed by atoms with E-state index in [9.17, 15) is 9.59 Å². The Balaban J connectivity index is 2.60. The van der Waals surface area contributed by atoms with Crippen molar-refractivity contribution in [1.29, 1.82) is 0 Å². The number of carbonyl (C=O) groups is 2. The molecule has 3 amide bonds. The van der Waals surface area contributed by atoms with Gasteiger partial charge in [0.05, 0.1) is 0 Å². The number of hydrogen-bond donors (Lipinski definition) is 3. The van der Waals surface area contributed by atoms with Crippen molar-refractivity contribution >= 4 is 17.8 Å². The molecule has 0 aliphatic heterocycles. The smallest absolute Gasteiger partial charge is 0.410 e. The van der Waals surface area contributed by atoms with Gasteiger partial charge in [0.15, 0.2) is 0 Å². The zero-order chi connectivity index (χ0) is 12.0. The summed E-state index contributed by atoms with van der Waals surface area (Å²) in [6, 6.07) is 6.13. The van der Waals surface area contributed by atoms with E-state index in [0.717, 1.165) is 0 Å². The van der Waals surface area contributed by atoms with Gasteiger partial charge < -0.3 is 20.7 Å². The fraction of sp³-hybridized carbons (Fsp3) is 0.200. The monoisotopic (exact) mass is 223 g/mol. The molecule has 0 unspecified atom stereocenters. The minimum atomic E-state index is -0.535. The molecule has 86 valence electrons. The molecule has 1 aromatic rings. The molecule has 0 spiro atoms. The van der Waals surface area contributed by atoms with Gasteiger partial charge in [0.1, 0.15) is 5.75 Å². The van der Waals surface area contributed by atoms with E-state index in [1.807, 2.05) is 0 Å². The first kappa shape index (κ1) is 11.8. The maximum absolute atomic E-state index is 11.0. The number of ether oxygens (including phenoxy) is 1. The first-order valence-corrected chi connectivity index (χ1v) is 4.64. The second-order valence-corrected chi connectivity index (χ2v) is 2.87. The summed E-state index contributed by atoms with van der Waals surface area (Å²) < 4.78 is 4.87. The topological polar surface area (TPSA) is 79.5 Å². The number of hydrogen-bond acceptors (Lipinski definition) is 3. The standard InChI is InChI=1S/C10H13N3O3/c1-11-9(14)13-7-3-5-8(6-4-7)16-10(15)12-2/h3-6H,1-2H3,(H,12,15)(H2,11,13,14). The Kier molecular flexibility index (Phi) is 4.14. The first-order chi connectivity index (χ1) is 7.65. The highest BCUT2D eigenvalue weighted by molar-refractivity contribution is 5.89. The Bertz CT molecular complexity index is 338. The summed E-state index contributed by atoms with van der Waals surface area (Å²) in [7, 11) is 3.00. The molecule has 0 radical (unpaired) electrons. The maximum Gasteiger partial charge on any atom is 0.412 e. The molecule has 0 aliphatic carbocycles. The van der Waals surface area contributed by atoms with Gasteiger partial charge in [-0.05, 0) is 24.3 Å². The zero-order valence-electron chi connectivity index (χ0n) is 9.03. The third kappa shape index (κ3) is 3.49. The maximum atomic E-state index is 11.0. The van der Waals surface area contributed by atoms with E-state index in [-0.39, 0.29) is 6.03 Å². The second kappa shape index (κ2) is 5.59. The summed E-state index contributed by atoms with van der Waals surface area (Å²) in [6.07, 6.45) is -0.535. The van der Waals surface area contributed by atoms with Crippen LogP contribution in [-0.4, -0.2) is 26.2 Å². The van der Waals surface area contributed by atoms with Gasteiger partial charge in [-0.1, -0.05) is 0 Å². The summed E-state index contributed by atoms with van der Waals surface area (Å²) in [6.45, 7) is 0. The summed E-state index contributed by atoms with van der Waals surface area (Å²) in [4.78, 5) is 21.8. The number of rotatable bonds is 2. The molecular formula is C10H13N3O3. The molecule has 0 fully saturated rings. The highest BCUT2D eigenvalue weighted by atomic mass is 16.5. The lowest BCUT2D eigenvalue weighted by molar-refractivity contribution is 0.203. The fourth-order valence-electron chi connectivity index (χ4n) is 0.958. The molecular weight excluding hydrogens is 210 g/mol. The van der Waals surface area contributed by atoms with E-state index in [1.165, 1.54) is 14.1 Å². The van der Waals surface area contributed by atoms with Crippen LogP contribution in [0.5, 0.6) is 5.75 Å². The van der Waals surface area contributed by atoms with Gasteiger partial charge in [-0.3, -0.25) is 0 Å². The van der Waals surface area contributed by atoms with E-state index in [0.29, 0.717) is 11.4 Å². The van der Waals surface area contributed by atoms with E-state index in [2.05, 4.69) is 16.0 Å². The molecule has 0 heterocycles. The highest BCUT2D eigenvalue weighted by Gasteiger charge is 2.02. The van der Waals surface area contributed by atoms with Crippen LogP contribution in [0, 0.1) is 0 Å². The normalized spacial score (nSPS) is 9.12. The number of anilines is 1. The lowest BCUT2D eigenvalue weighted by Crippen LogP contribution is -2.24. The lowest BCUT2D eigenvalue weighted by atomic mass is 10.3. The van der Waals surface area contributed by atoms with E-state index >= 15 is 0 Å². The van der Waals surface area contributed by atoms with Crippen molar-refractivity contribution in [3.05, 3.63) is 24.3 Å². The van der Waals surface area contributed by atoms with Gasteiger partial charge in [0, 0.05) is 19.8 Å². The van der Waals surface area contributed by atoms with E-state index in [4.69, 9.17) is 4.74 Å². The number of nitrogens with one attached hydrogen (secondary N) is 3. The van der Waals surface area contributed by atoms with Gasteiger partial charge >= 0.3 is 12.1 Å². The molecule has 0 aliphatic rings. The zero-order valence-corrected chi connectivity index (χ0v) is 9.03. The van der Waals surface area contributed by atoms with Crippen LogP contribution in [0.15, 0.2) is 24.3 Å². The van der Waals surface area contributed by atoms with Gasteiger partial charge in [-0.2, -0.15) is 0 Å². The molecule has 6 nitrogen and oxygen atoms in total. The summed E-state index contributed by atoms with van der Waals surface area (Å²) in [5.41, 5.74) is 0.614. The predicted molar refractivity (Wildman–Crippen MR) is 59.6 cm³/mol. The van der Waals surface area contributed by atoms with Crippen LogP contribution in [0.3, 0.4) is 0 Å². The molecule has 0 bridgehead atoms. The van der Waals surface area contributed by atoms with Crippen LogP contribution in [0.25, 0.3) is 0 Å². The van der Waals surface area contributed by atoms with Crippen molar-refractivity contribution in [2.75, 3.05) is 19.4 Å². The molecule has 0 saturated heterocycles. The minimum absolute atomic E-state index is 0.306. The molecule has 0 aromatic heterocycles. The Morgan fingerprint density at radius 1 is 1.06 bits per heavy atom. The van der Waals surface area contributed by atoms with Crippen LogP contribution < -0.4 is 20.7 Å². The molecule has 0 atom stereocenters. The molecule has 1 rings (SSSR count). The van der Waals surface area contributed by atoms with E-state index in [1.54, 1.807) is 24.3 Å². The lowest BCUT2D eigenvalue weighted by Gasteiger charge is -2.06. The largest absolute Gasteiger partial charge is 0.412 e. The third-order valence-electron chi connectivity index (χ3n) is 1.75. The Morgan fingerprint density at radius 3 is 2.19 bits per heavy atom. The van der Waals surface area contributed by atoms with Gasteiger partial charge in [-0.25, -0.2) is 9.59 Å². The van der Waals surface area contributed by atoms with Gasteiger partial charge in [0.2, 0.25) is 0 Å². The minimum Gasteiger partial charge on any atom is -0.410 e. The summed E-state index contributed by atoms with van der Waals surface area (Å²) >= 11 is 0. The van der Waals surface area contributed by atoms with Crippen LogP contribution in [0.1, 0.15) is 0 Å². The van der Waals surface area contributed by atoms with Crippen molar-refractivity contribution in [2.24, 2.45) is 0 Å². The summed E-state index contributed by atoms with van der Waals surface area (Å²) in [5.74, 6) is 0.404. The highest BCUT2D eigenvalue weighted by Crippen LogP contribution is 2.15. The van der Waals surface area contributed by atoms with Gasteiger partial charge in [-0.15, -0.1) is 0 Å². The second-order valence-electron chi connectivity index (χ2n) is 2.87. The van der Waals surface area contributed by atoms with Crippen LogP contribution in [0.2, 0.25) is 0 Å². The van der Waals surface area contributed by atoms with Crippen LogP contribution >= 0.6 is 0 Å². The van der Waals surface area contributed by atoms with Crippen molar-refractivity contribution in [1.82, 2.24) is 10.6 Å². The average Bonchev–Trinajstić information content (AvgIpc) is 2.31. The number of carbonyl (C=O) groups excluding carboxylic acids is 2. The Labute approximate surface area is 93.0 Å². The number of benzene rings is 1. The SMILES string of the molecule is CNC(=O)Nc1ccc(OC(=O)NC)cc1.